The van der Waals surface area contributed by atoms with Crippen LogP contribution in [0.3, 0.4) is 0 Å². The van der Waals surface area contributed by atoms with Gasteiger partial charge in [-0.2, -0.15) is 0 Å². The van der Waals surface area contributed by atoms with Crippen LogP contribution in [0.2, 0.25) is 0 Å². The van der Waals surface area contributed by atoms with Crippen molar-refractivity contribution in [3.8, 4) is 0 Å². The van der Waals surface area contributed by atoms with Gasteiger partial charge in [0.25, 0.3) is 0 Å². The molecule has 1 heterocycles. The Morgan fingerprint density at radius 1 is 1.29 bits per heavy atom. The minimum atomic E-state index is 0.504. The van der Waals surface area contributed by atoms with Crippen molar-refractivity contribution in [2.24, 2.45) is 4.99 Å². The summed E-state index contributed by atoms with van der Waals surface area (Å²) < 4.78 is 0. The van der Waals surface area contributed by atoms with Crippen LogP contribution >= 0.6 is 0 Å². The summed E-state index contributed by atoms with van der Waals surface area (Å²) in [5.41, 5.74) is 1.37. The first-order valence-corrected chi connectivity index (χ1v) is 6.43. The van der Waals surface area contributed by atoms with Crippen LogP contribution in [-0.4, -0.2) is 25.6 Å². The Morgan fingerprint density at radius 2 is 2.12 bits per heavy atom. The van der Waals surface area contributed by atoms with Crippen LogP contribution in [0.25, 0.3) is 0 Å². The first-order chi connectivity index (χ1) is 8.36. The lowest BCUT2D eigenvalue weighted by Gasteiger charge is -2.15. The zero-order valence-corrected chi connectivity index (χ0v) is 10.4. The topological polar surface area (TPSA) is 36.4 Å². The Labute approximate surface area is 103 Å². The molecule has 92 valence electrons. The normalized spacial score (nSPS) is 17.6. The molecule has 3 nitrogen and oxygen atoms in total. The molecule has 17 heavy (non-hydrogen) atoms. The van der Waals surface area contributed by atoms with Crippen molar-refractivity contribution < 1.29 is 0 Å². The first kappa shape index (κ1) is 12.0. The maximum atomic E-state index is 4.48. The zero-order valence-electron chi connectivity index (χ0n) is 10.4. The number of nitrogens with one attached hydrogen (secondary N) is 2. The molecule has 3 heteroatoms. The Morgan fingerprint density at radius 3 is 2.94 bits per heavy atom. The van der Waals surface area contributed by atoms with Crippen molar-refractivity contribution in [3.63, 3.8) is 0 Å². The molecule has 0 spiro atoms. The lowest BCUT2D eigenvalue weighted by Crippen LogP contribution is -2.38. The fraction of sp³-hybridized carbons (Fsp3) is 0.500. The first-order valence-electron chi connectivity index (χ1n) is 6.43. The standard InChI is InChI=1S/C14H21N3/c1-12(13-7-3-2-4-8-13)11-17-14-15-9-5-6-10-16-14/h2-4,7-8,12H,5-6,9-11H2,1H3,(H2,15,16,17). The number of nitrogens with zero attached hydrogens (tertiary/aromatic N) is 1. The molecule has 0 fully saturated rings. The Hall–Kier alpha value is -1.51. The van der Waals surface area contributed by atoms with Gasteiger partial charge in [-0.1, -0.05) is 37.3 Å². The van der Waals surface area contributed by atoms with Crippen LogP contribution in [0.5, 0.6) is 0 Å². The second-order valence-corrected chi connectivity index (χ2v) is 4.56. The van der Waals surface area contributed by atoms with Crippen LogP contribution in [-0.2, 0) is 0 Å². The molecule has 0 amide bonds. The summed E-state index contributed by atoms with van der Waals surface area (Å²) in [4.78, 5) is 4.48. The third kappa shape index (κ3) is 3.77. The molecule has 1 aliphatic rings. The Balaban J connectivity index is 1.83. The summed E-state index contributed by atoms with van der Waals surface area (Å²) in [5, 5.41) is 6.73. The predicted molar refractivity (Wildman–Crippen MR) is 72.4 cm³/mol. The van der Waals surface area contributed by atoms with Crippen LogP contribution in [0.15, 0.2) is 35.3 Å². The molecular weight excluding hydrogens is 210 g/mol. The highest BCUT2D eigenvalue weighted by Gasteiger charge is 2.07. The second kappa shape index (κ2) is 6.28. The molecule has 2 rings (SSSR count). The van der Waals surface area contributed by atoms with E-state index in [2.05, 4.69) is 52.9 Å². The summed E-state index contributed by atoms with van der Waals surface area (Å²) >= 11 is 0. The van der Waals surface area contributed by atoms with E-state index in [9.17, 15) is 0 Å². The maximum Gasteiger partial charge on any atom is 0.191 e. The van der Waals surface area contributed by atoms with Crippen molar-refractivity contribution in [2.75, 3.05) is 19.6 Å². The maximum absolute atomic E-state index is 4.48. The molecule has 1 aliphatic heterocycles. The Bertz CT molecular complexity index is 359. The highest BCUT2D eigenvalue weighted by Crippen LogP contribution is 2.12. The highest BCUT2D eigenvalue weighted by atomic mass is 15.2. The second-order valence-electron chi connectivity index (χ2n) is 4.56. The lowest BCUT2D eigenvalue weighted by molar-refractivity contribution is 0.698. The lowest BCUT2D eigenvalue weighted by atomic mass is 10.0. The SMILES string of the molecule is CC(CNC1=NCCCCN1)c1ccccc1. The minimum Gasteiger partial charge on any atom is -0.356 e. The van der Waals surface area contributed by atoms with Gasteiger partial charge in [0.2, 0.25) is 0 Å². The van der Waals surface area contributed by atoms with E-state index in [1.165, 1.54) is 18.4 Å². The van der Waals surface area contributed by atoms with Gasteiger partial charge in [-0.05, 0) is 24.3 Å². The molecule has 0 saturated carbocycles. The number of hydrogen-bond acceptors (Lipinski definition) is 3. The van der Waals surface area contributed by atoms with Gasteiger partial charge in [-0.15, -0.1) is 0 Å². The molecule has 0 bridgehead atoms. The number of rotatable bonds is 3. The molecule has 0 aliphatic carbocycles. The summed E-state index contributed by atoms with van der Waals surface area (Å²) in [5.74, 6) is 1.47. The van der Waals surface area contributed by atoms with Crippen LogP contribution in [0, 0.1) is 0 Å². The van der Waals surface area contributed by atoms with E-state index in [-0.39, 0.29) is 0 Å². The van der Waals surface area contributed by atoms with Gasteiger partial charge < -0.3 is 10.6 Å². The van der Waals surface area contributed by atoms with Crippen LogP contribution in [0.1, 0.15) is 31.2 Å². The summed E-state index contributed by atoms with van der Waals surface area (Å²) in [7, 11) is 0. The van der Waals surface area contributed by atoms with Crippen molar-refractivity contribution in [1.82, 2.24) is 10.6 Å². The van der Waals surface area contributed by atoms with Gasteiger partial charge in [0.1, 0.15) is 0 Å². The van der Waals surface area contributed by atoms with E-state index < -0.39 is 0 Å². The average molecular weight is 231 g/mol. The van der Waals surface area contributed by atoms with Gasteiger partial charge in [-0.25, -0.2) is 0 Å². The van der Waals surface area contributed by atoms with E-state index in [4.69, 9.17) is 0 Å². The molecule has 1 unspecified atom stereocenters. The summed E-state index contributed by atoms with van der Waals surface area (Å²) in [6, 6.07) is 10.6. The van der Waals surface area contributed by atoms with Gasteiger partial charge >= 0.3 is 0 Å². The van der Waals surface area contributed by atoms with E-state index >= 15 is 0 Å². The fourth-order valence-corrected chi connectivity index (χ4v) is 1.96. The van der Waals surface area contributed by atoms with Gasteiger partial charge in [0, 0.05) is 19.6 Å². The summed E-state index contributed by atoms with van der Waals surface area (Å²) in [6.07, 6.45) is 2.40. The number of hydrogen-bond donors (Lipinski definition) is 2. The van der Waals surface area contributed by atoms with E-state index in [1.54, 1.807) is 0 Å². The Kier molecular flexibility index (Phi) is 4.42. The predicted octanol–water partition coefficient (Wildman–Crippen LogP) is 2.12. The monoisotopic (exact) mass is 231 g/mol. The van der Waals surface area contributed by atoms with Crippen molar-refractivity contribution in [1.29, 1.82) is 0 Å². The third-order valence-electron chi connectivity index (χ3n) is 3.09. The molecule has 1 aromatic carbocycles. The van der Waals surface area contributed by atoms with E-state index in [0.29, 0.717) is 5.92 Å². The van der Waals surface area contributed by atoms with E-state index in [0.717, 1.165) is 25.6 Å². The largest absolute Gasteiger partial charge is 0.356 e. The molecule has 0 radical (unpaired) electrons. The fourth-order valence-electron chi connectivity index (χ4n) is 1.96. The molecule has 1 aromatic rings. The van der Waals surface area contributed by atoms with Crippen molar-refractivity contribution in [3.05, 3.63) is 35.9 Å². The smallest absolute Gasteiger partial charge is 0.191 e. The highest BCUT2D eigenvalue weighted by molar-refractivity contribution is 5.79. The number of aliphatic imine (C=N–C) groups is 1. The molecule has 0 aromatic heterocycles. The molecule has 0 saturated heterocycles. The summed E-state index contributed by atoms with van der Waals surface area (Å²) in [6.45, 7) is 5.13. The average Bonchev–Trinajstić information content (AvgIpc) is 2.65. The number of guanidine groups is 1. The number of benzene rings is 1. The minimum absolute atomic E-state index is 0.504. The molecular formula is C14H21N3. The van der Waals surface area contributed by atoms with E-state index in [1.807, 2.05) is 0 Å². The van der Waals surface area contributed by atoms with Crippen LogP contribution in [0.4, 0.5) is 0 Å². The van der Waals surface area contributed by atoms with Crippen molar-refractivity contribution >= 4 is 5.96 Å². The zero-order chi connectivity index (χ0) is 11.9. The third-order valence-corrected chi connectivity index (χ3v) is 3.09. The van der Waals surface area contributed by atoms with Crippen molar-refractivity contribution in [2.45, 2.75) is 25.7 Å². The quantitative estimate of drug-likeness (QED) is 0.836. The van der Waals surface area contributed by atoms with Gasteiger partial charge in [0.05, 0.1) is 0 Å². The van der Waals surface area contributed by atoms with Gasteiger partial charge in [0.15, 0.2) is 5.96 Å². The molecule has 2 N–H and O–H groups in total. The molecule has 1 atom stereocenters. The van der Waals surface area contributed by atoms with Gasteiger partial charge in [-0.3, -0.25) is 4.99 Å². The van der Waals surface area contributed by atoms with Crippen LogP contribution < -0.4 is 10.6 Å².